The number of rotatable bonds is 7. The number of nitrogens with one attached hydrogen (secondary N) is 2. The van der Waals surface area contributed by atoms with E-state index in [1.165, 1.54) is 6.07 Å². The Morgan fingerprint density at radius 1 is 1.00 bits per heavy atom. The van der Waals surface area contributed by atoms with Crippen LogP contribution >= 0.6 is 0 Å². The van der Waals surface area contributed by atoms with Gasteiger partial charge in [0.2, 0.25) is 0 Å². The van der Waals surface area contributed by atoms with Crippen LogP contribution in [0.2, 0.25) is 0 Å². The first kappa shape index (κ1) is 21.0. The average Bonchev–Trinajstić information content (AvgIpc) is 2.57. The van der Waals surface area contributed by atoms with E-state index in [2.05, 4.69) is 23.9 Å². The molecular weight excluding hydrogens is 360 g/mol. The summed E-state index contributed by atoms with van der Waals surface area (Å²) in [7, 11) is -3.80. The molecule has 0 atom stereocenters. The minimum atomic E-state index is -3.80. The molecule has 0 saturated carbocycles. The van der Waals surface area contributed by atoms with Crippen LogP contribution in [0.3, 0.4) is 0 Å². The summed E-state index contributed by atoms with van der Waals surface area (Å²) in [6.45, 7) is 10.2. The number of sulfonamides is 1. The molecule has 0 fully saturated rings. The second kappa shape index (κ2) is 8.57. The van der Waals surface area contributed by atoms with E-state index >= 15 is 0 Å². The van der Waals surface area contributed by atoms with E-state index in [0.717, 1.165) is 17.5 Å². The number of hydrogen-bond donors (Lipinski definition) is 2. The molecule has 0 aliphatic rings. The number of benzene rings is 2. The summed E-state index contributed by atoms with van der Waals surface area (Å²) in [4.78, 5) is 12.5. The van der Waals surface area contributed by atoms with Gasteiger partial charge in [-0.2, -0.15) is 0 Å². The molecule has 146 valence electrons. The summed E-state index contributed by atoms with van der Waals surface area (Å²) in [5.41, 5.74) is 3.27. The summed E-state index contributed by atoms with van der Waals surface area (Å²) in [5.74, 6) is 0.222. The minimum absolute atomic E-state index is 0.111. The molecule has 27 heavy (non-hydrogen) atoms. The molecule has 2 N–H and O–H groups in total. The van der Waals surface area contributed by atoms with Crippen LogP contribution in [0.1, 0.15) is 47.3 Å². The van der Waals surface area contributed by atoms with Gasteiger partial charge in [0, 0.05) is 12.1 Å². The number of hydrogen-bond acceptors (Lipinski definition) is 3. The SMILES string of the molecule is Cc1ccc(C)c(NS(=O)(=O)c2cc(C(=O)NCCC(C)C)ccc2C)c1. The molecule has 0 unspecified atom stereocenters. The van der Waals surface area contributed by atoms with Crippen LogP contribution < -0.4 is 10.0 Å². The molecule has 0 spiro atoms. The summed E-state index contributed by atoms with van der Waals surface area (Å²) in [6.07, 6.45) is 0.872. The fraction of sp³-hybridized carbons (Fsp3) is 0.381. The van der Waals surface area contributed by atoms with Gasteiger partial charge in [-0.25, -0.2) is 8.42 Å². The van der Waals surface area contributed by atoms with Crippen molar-refractivity contribution in [3.63, 3.8) is 0 Å². The second-order valence-electron chi connectivity index (χ2n) is 7.34. The lowest BCUT2D eigenvalue weighted by Crippen LogP contribution is -2.26. The third kappa shape index (κ3) is 5.57. The van der Waals surface area contributed by atoms with E-state index in [4.69, 9.17) is 0 Å². The Kier molecular flexibility index (Phi) is 6.65. The van der Waals surface area contributed by atoms with Crippen LogP contribution in [-0.4, -0.2) is 20.9 Å². The first-order chi connectivity index (χ1) is 12.6. The fourth-order valence-electron chi connectivity index (χ4n) is 2.65. The summed E-state index contributed by atoms with van der Waals surface area (Å²) in [5, 5.41) is 2.84. The molecule has 2 rings (SSSR count). The zero-order valence-electron chi connectivity index (χ0n) is 16.6. The number of carbonyl (C=O) groups excluding carboxylic acids is 1. The molecule has 0 aliphatic heterocycles. The molecule has 0 heterocycles. The minimum Gasteiger partial charge on any atom is -0.352 e. The Balaban J connectivity index is 2.28. The fourth-order valence-corrected chi connectivity index (χ4v) is 4.05. The van der Waals surface area contributed by atoms with Gasteiger partial charge >= 0.3 is 0 Å². The van der Waals surface area contributed by atoms with Crippen molar-refractivity contribution in [2.45, 2.75) is 45.9 Å². The van der Waals surface area contributed by atoms with Gasteiger partial charge in [0.15, 0.2) is 0 Å². The van der Waals surface area contributed by atoms with Gasteiger partial charge in [0.25, 0.3) is 15.9 Å². The number of anilines is 1. The lowest BCUT2D eigenvalue weighted by molar-refractivity contribution is 0.0952. The van der Waals surface area contributed by atoms with Crippen LogP contribution in [0.15, 0.2) is 41.3 Å². The average molecular weight is 389 g/mol. The molecule has 0 radical (unpaired) electrons. The van der Waals surface area contributed by atoms with Gasteiger partial charge < -0.3 is 5.32 Å². The summed E-state index contributed by atoms with van der Waals surface area (Å²) in [6, 6.07) is 10.4. The van der Waals surface area contributed by atoms with E-state index in [1.807, 2.05) is 26.0 Å². The summed E-state index contributed by atoms with van der Waals surface area (Å²) >= 11 is 0. The zero-order valence-corrected chi connectivity index (χ0v) is 17.4. The molecule has 0 saturated heterocycles. The quantitative estimate of drug-likeness (QED) is 0.747. The molecule has 2 aromatic carbocycles. The molecule has 0 aromatic heterocycles. The van der Waals surface area contributed by atoms with Crippen molar-refractivity contribution >= 4 is 21.6 Å². The van der Waals surface area contributed by atoms with Gasteiger partial charge in [0.1, 0.15) is 0 Å². The van der Waals surface area contributed by atoms with Gasteiger partial charge in [-0.3, -0.25) is 9.52 Å². The monoisotopic (exact) mass is 388 g/mol. The van der Waals surface area contributed by atoms with Crippen LogP contribution in [0.5, 0.6) is 0 Å². The predicted octanol–water partition coefficient (Wildman–Crippen LogP) is 4.19. The Morgan fingerprint density at radius 3 is 2.33 bits per heavy atom. The predicted molar refractivity (Wildman–Crippen MR) is 110 cm³/mol. The highest BCUT2D eigenvalue weighted by atomic mass is 32.2. The molecule has 0 bridgehead atoms. The van der Waals surface area contributed by atoms with Crippen molar-refractivity contribution in [2.75, 3.05) is 11.3 Å². The summed E-state index contributed by atoms with van der Waals surface area (Å²) < 4.78 is 28.5. The van der Waals surface area contributed by atoms with Gasteiger partial charge in [-0.15, -0.1) is 0 Å². The zero-order chi connectivity index (χ0) is 20.2. The molecule has 6 heteroatoms. The largest absolute Gasteiger partial charge is 0.352 e. The van der Waals surface area contributed by atoms with Gasteiger partial charge in [-0.05, 0) is 68.0 Å². The molecule has 1 amide bonds. The molecule has 0 aliphatic carbocycles. The lowest BCUT2D eigenvalue weighted by Gasteiger charge is -2.14. The van der Waals surface area contributed by atoms with Crippen LogP contribution in [-0.2, 0) is 10.0 Å². The maximum atomic E-state index is 12.9. The van der Waals surface area contributed by atoms with Gasteiger partial charge in [0.05, 0.1) is 10.6 Å². The van der Waals surface area contributed by atoms with E-state index in [-0.39, 0.29) is 10.8 Å². The van der Waals surface area contributed by atoms with Crippen LogP contribution in [0, 0.1) is 26.7 Å². The van der Waals surface area contributed by atoms with Crippen molar-refractivity contribution in [3.8, 4) is 0 Å². The van der Waals surface area contributed by atoms with Crippen molar-refractivity contribution in [2.24, 2.45) is 5.92 Å². The number of carbonyl (C=O) groups is 1. The Morgan fingerprint density at radius 2 is 1.67 bits per heavy atom. The third-order valence-electron chi connectivity index (χ3n) is 4.38. The van der Waals surface area contributed by atoms with Crippen molar-refractivity contribution in [1.29, 1.82) is 0 Å². The Bertz CT molecular complexity index is 934. The maximum absolute atomic E-state index is 12.9. The highest BCUT2D eigenvalue weighted by Crippen LogP contribution is 2.23. The van der Waals surface area contributed by atoms with Crippen LogP contribution in [0.4, 0.5) is 5.69 Å². The van der Waals surface area contributed by atoms with Gasteiger partial charge in [-0.1, -0.05) is 32.0 Å². The number of aryl methyl sites for hydroxylation is 3. The third-order valence-corrected chi connectivity index (χ3v) is 5.89. The highest BCUT2D eigenvalue weighted by molar-refractivity contribution is 7.92. The Labute approximate surface area is 162 Å². The van der Waals surface area contributed by atoms with E-state index in [0.29, 0.717) is 29.3 Å². The molecule has 5 nitrogen and oxygen atoms in total. The second-order valence-corrected chi connectivity index (χ2v) is 8.99. The smallest absolute Gasteiger partial charge is 0.262 e. The normalized spacial score (nSPS) is 11.5. The van der Waals surface area contributed by atoms with Crippen molar-refractivity contribution in [3.05, 3.63) is 58.7 Å². The van der Waals surface area contributed by atoms with Crippen molar-refractivity contribution in [1.82, 2.24) is 5.32 Å². The topological polar surface area (TPSA) is 75.3 Å². The van der Waals surface area contributed by atoms with E-state index in [9.17, 15) is 13.2 Å². The van der Waals surface area contributed by atoms with E-state index in [1.54, 1.807) is 25.1 Å². The van der Waals surface area contributed by atoms with Crippen LogP contribution in [0.25, 0.3) is 0 Å². The first-order valence-electron chi connectivity index (χ1n) is 9.09. The number of amides is 1. The molecule has 2 aromatic rings. The maximum Gasteiger partial charge on any atom is 0.262 e. The van der Waals surface area contributed by atoms with E-state index < -0.39 is 10.0 Å². The lowest BCUT2D eigenvalue weighted by atomic mass is 10.1. The Hall–Kier alpha value is -2.34. The van der Waals surface area contributed by atoms with Crippen molar-refractivity contribution < 1.29 is 13.2 Å². The molecular formula is C21H28N2O3S. The standard InChI is InChI=1S/C21H28N2O3S/c1-14(2)10-11-22-21(24)18-9-8-17(5)20(13-18)27(25,26)23-19-12-15(3)6-7-16(19)4/h6-9,12-14,23H,10-11H2,1-5H3,(H,22,24). The first-order valence-corrected chi connectivity index (χ1v) is 10.6. The highest BCUT2D eigenvalue weighted by Gasteiger charge is 2.20.